The molecule has 4 aromatic rings. The first-order valence-electron chi connectivity index (χ1n) is 14.3. The van der Waals surface area contributed by atoms with Gasteiger partial charge in [0.1, 0.15) is 12.3 Å². The van der Waals surface area contributed by atoms with Crippen molar-refractivity contribution in [1.29, 1.82) is 0 Å². The Hall–Kier alpha value is -4.66. The fraction of sp³-hybridized carbons (Fsp3) is 0.290. The minimum absolute atomic E-state index is 0.00550. The fourth-order valence-electron chi connectivity index (χ4n) is 6.51. The van der Waals surface area contributed by atoms with Gasteiger partial charge >= 0.3 is 6.16 Å². The summed E-state index contributed by atoms with van der Waals surface area (Å²) in [6, 6.07) is 10.4. The zero-order valence-electron chi connectivity index (χ0n) is 23.5. The molecule has 2 aromatic carbocycles. The molecule has 14 heteroatoms. The minimum atomic E-state index is -1.14. The molecule has 3 aliphatic heterocycles. The van der Waals surface area contributed by atoms with Gasteiger partial charge in [-0.25, -0.2) is 18.6 Å². The van der Waals surface area contributed by atoms with E-state index in [9.17, 15) is 18.8 Å². The molecule has 8 rings (SSSR count). The van der Waals surface area contributed by atoms with E-state index in [0.717, 1.165) is 17.2 Å². The van der Waals surface area contributed by atoms with E-state index < -0.39 is 53.2 Å². The number of hydrogen-bond acceptors (Lipinski definition) is 10. The standard InChI is InChI=1S/C31H24F2N4O7S/c32-20-6-5-19-23(24(20)33)25-29(45-15-34-25)18-4-2-1-3-17(18)26(19)37-22-14-42-12-10-35(22)30(39)27-28(21(38)7-9-36(27)37)44-31(40)43-16-8-11-41-13-16/h1-7,9,15-16,22,26H,8,10-14H2/t16-,22+,26+/m0/s1. The van der Waals surface area contributed by atoms with Crippen molar-refractivity contribution < 1.29 is 37.3 Å². The molecule has 1 amide bonds. The van der Waals surface area contributed by atoms with E-state index in [1.165, 1.54) is 39.2 Å². The molecule has 45 heavy (non-hydrogen) atoms. The van der Waals surface area contributed by atoms with Crippen molar-refractivity contribution in [2.75, 3.05) is 38.0 Å². The Bertz CT molecular complexity index is 1920. The number of hydrogen-bond donors (Lipinski definition) is 0. The fourth-order valence-corrected chi connectivity index (χ4v) is 7.35. The number of benzene rings is 2. The van der Waals surface area contributed by atoms with Gasteiger partial charge in [-0.2, -0.15) is 0 Å². The van der Waals surface area contributed by atoms with Crippen molar-refractivity contribution >= 4 is 23.4 Å². The van der Waals surface area contributed by atoms with Crippen LogP contribution in [0.3, 0.4) is 0 Å². The topological polar surface area (TPSA) is 112 Å². The molecule has 3 atom stereocenters. The zero-order valence-corrected chi connectivity index (χ0v) is 24.3. The molecule has 2 saturated heterocycles. The maximum Gasteiger partial charge on any atom is 0.514 e. The molecule has 1 aliphatic carbocycles. The first-order valence-corrected chi connectivity index (χ1v) is 15.2. The number of rotatable bonds is 3. The Morgan fingerprint density at radius 1 is 1.02 bits per heavy atom. The third-order valence-electron chi connectivity index (χ3n) is 8.48. The number of carbonyl (C=O) groups is 2. The van der Waals surface area contributed by atoms with Crippen molar-refractivity contribution in [2.45, 2.75) is 24.7 Å². The number of amides is 1. The van der Waals surface area contributed by atoms with E-state index in [1.54, 1.807) is 10.5 Å². The molecule has 2 fully saturated rings. The Morgan fingerprint density at radius 2 is 1.87 bits per heavy atom. The van der Waals surface area contributed by atoms with E-state index in [1.807, 2.05) is 24.3 Å². The largest absolute Gasteiger partial charge is 0.514 e. The van der Waals surface area contributed by atoms with E-state index in [0.29, 0.717) is 29.2 Å². The van der Waals surface area contributed by atoms with E-state index in [2.05, 4.69) is 4.98 Å². The summed E-state index contributed by atoms with van der Waals surface area (Å²) >= 11 is 1.30. The third kappa shape index (κ3) is 4.35. The Labute approximate surface area is 258 Å². The highest BCUT2D eigenvalue weighted by atomic mass is 32.1. The van der Waals surface area contributed by atoms with Gasteiger partial charge in [0.15, 0.2) is 17.3 Å². The van der Waals surface area contributed by atoms with E-state index in [4.69, 9.17) is 18.9 Å². The number of pyridine rings is 1. The SMILES string of the molecule is O=C(Oc1c2n(ccc1=O)N([C@@H]1c3ccccc3-c3scnc3-c3c1ccc(F)c3F)[C@@H]1COCCN1C2=O)O[C@H]1CCOC1. The second-order valence-electron chi connectivity index (χ2n) is 10.9. The van der Waals surface area contributed by atoms with Crippen LogP contribution in [0.25, 0.3) is 21.7 Å². The number of carbonyl (C=O) groups excluding carboxylic acids is 2. The lowest BCUT2D eigenvalue weighted by atomic mass is 9.92. The van der Waals surface area contributed by atoms with Gasteiger partial charge in [-0.3, -0.25) is 19.3 Å². The third-order valence-corrected chi connectivity index (χ3v) is 9.34. The predicted molar refractivity (Wildman–Crippen MR) is 156 cm³/mol. The van der Waals surface area contributed by atoms with Crippen LogP contribution in [0.15, 0.2) is 59.0 Å². The lowest BCUT2D eigenvalue weighted by Crippen LogP contribution is -2.66. The molecule has 11 nitrogen and oxygen atoms in total. The van der Waals surface area contributed by atoms with Crippen molar-refractivity contribution in [2.24, 2.45) is 0 Å². The summed E-state index contributed by atoms with van der Waals surface area (Å²) in [5.74, 6) is -3.14. The molecule has 0 bridgehead atoms. The molecule has 0 N–H and O–H groups in total. The molecule has 0 unspecified atom stereocenters. The van der Waals surface area contributed by atoms with Gasteiger partial charge < -0.3 is 23.8 Å². The highest BCUT2D eigenvalue weighted by Gasteiger charge is 2.47. The summed E-state index contributed by atoms with van der Waals surface area (Å²) in [7, 11) is 0. The molecule has 0 radical (unpaired) electrons. The van der Waals surface area contributed by atoms with Gasteiger partial charge in [0, 0.05) is 30.8 Å². The molecule has 230 valence electrons. The smallest absolute Gasteiger partial charge is 0.428 e. The summed E-state index contributed by atoms with van der Waals surface area (Å²) in [5.41, 5.74) is 2.83. The number of halogens is 2. The lowest BCUT2D eigenvalue weighted by molar-refractivity contribution is -0.0198. The zero-order chi connectivity index (χ0) is 30.8. The van der Waals surface area contributed by atoms with Crippen molar-refractivity contribution in [3.63, 3.8) is 0 Å². The number of ether oxygens (including phenoxy) is 4. The number of nitrogens with zero attached hydrogens (tertiary/aromatic N) is 4. The van der Waals surface area contributed by atoms with Crippen LogP contribution in [0.1, 0.15) is 34.1 Å². The highest BCUT2D eigenvalue weighted by Crippen LogP contribution is 2.50. The molecule has 5 heterocycles. The average Bonchev–Trinajstić information content (AvgIpc) is 3.73. The van der Waals surface area contributed by atoms with Gasteiger partial charge in [-0.1, -0.05) is 30.3 Å². The second-order valence-corrected chi connectivity index (χ2v) is 11.8. The number of morpholine rings is 1. The van der Waals surface area contributed by atoms with Crippen LogP contribution in [-0.2, 0) is 14.2 Å². The lowest BCUT2D eigenvalue weighted by Gasteiger charge is -2.51. The van der Waals surface area contributed by atoms with Gasteiger partial charge in [0.25, 0.3) is 5.91 Å². The Kier molecular flexibility index (Phi) is 6.66. The monoisotopic (exact) mass is 634 g/mol. The normalized spacial score (nSPS) is 21.6. The Morgan fingerprint density at radius 3 is 2.71 bits per heavy atom. The summed E-state index contributed by atoms with van der Waals surface area (Å²) in [4.78, 5) is 46.8. The van der Waals surface area contributed by atoms with Crippen molar-refractivity contribution in [3.8, 4) is 27.4 Å². The van der Waals surface area contributed by atoms with Crippen LogP contribution in [0.5, 0.6) is 5.75 Å². The molecular formula is C31H24F2N4O7S. The first kappa shape index (κ1) is 27.9. The molecule has 2 aromatic heterocycles. The van der Waals surface area contributed by atoms with Gasteiger partial charge in [0.2, 0.25) is 11.2 Å². The van der Waals surface area contributed by atoms with Gasteiger partial charge in [-0.05, 0) is 22.8 Å². The van der Waals surface area contributed by atoms with Crippen LogP contribution in [0.4, 0.5) is 13.6 Å². The van der Waals surface area contributed by atoms with Crippen LogP contribution in [0.2, 0.25) is 0 Å². The Balaban J connectivity index is 1.36. The summed E-state index contributed by atoms with van der Waals surface area (Å²) < 4.78 is 54.0. The second kappa shape index (κ2) is 10.8. The highest BCUT2D eigenvalue weighted by molar-refractivity contribution is 7.13. The van der Waals surface area contributed by atoms with E-state index in [-0.39, 0.29) is 37.6 Å². The summed E-state index contributed by atoms with van der Waals surface area (Å²) in [5, 5.41) is 1.78. The van der Waals surface area contributed by atoms with Crippen molar-refractivity contribution in [1.82, 2.24) is 14.6 Å². The van der Waals surface area contributed by atoms with E-state index >= 15 is 4.39 Å². The molecule has 0 saturated carbocycles. The molecule has 4 aliphatic rings. The predicted octanol–water partition coefficient (Wildman–Crippen LogP) is 4.07. The maximum absolute atomic E-state index is 15.9. The average molecular weight is 635 g/mol. The number of thiazole rings is 1. The molecule has 0 spiro atoms. The minimum Gasteiger partial charge on any atom is -0.428 e. The van der Waals surface area contributed by atoms with Crippen molar-refractivity contribution in [3.05, 3.63) is 92.9 Å². The number of aromatic nitrogens is 2. The quantitative estimate of drug-likeness (QED) is 0.308. The molecular weight excluding hydrogens is 610 g/mol. The maximum atomic E-state index is 15.9. The summed E-state index contributed by atoms with van der Waals surface area (Å²) in [6.45, 7) is 1.09. The van der Waals surface area contributed by atoms with Gasteiger partial charge in [-0.15, -0.1) is 11.3 Å². The van der Waals surface area contributed by atoms with Crippen LogP contribution in [0, 0.1) is 11.6 Å². The number of fused-ring (bicyclic) bond motifs is 7. The van der Waals surface area contributed by atoms with Gasteiger partial charge in [0.05, 0.1) is 48.6 Å². The van der Waals surface area contributed by atoms with Crippen LogP contribution < -0.4 is 15.2 Å². The van der Waals surface area contributed by atoms with Crippen LogP contribution in [-0.4, -0.2) is 71.9 Å². The summed E-state index contributed by atoms with van der Waals surface area (Å²) in [6.07, 6.45) is -0.537. The first-order chi connectivity index (χ1) is 21.9. The van der Waals surface area contributed by atoms with Crippen LogP contribution >= 0.6 is 11.3 Å².